The average molecular weight is 338 g/mol. The highest BCUT2D eigenvalue weighted by Crippen LogP contribution is 2.47. The molecule has 2 aromatic rings. The number of carbonyl (C=O) groups is 2. The van der Waals surface area contributed by atoms with Gasteiger partial charge in [0.05, 0.1) is 6.61 Å². The standard InChI is InChI=1S/C20H22N2O3/c1-2-25-19(23)10-7-14-5-8-16(9-6-14)22-20(24)18-12-17(18)15-4-3-11-21-13-15/h3-6,8-9,11,13,17-18H,2,7,10,12H2,1H3,(H,22,24)/t17-,18+/m1/s1. The maximum Gasteiger partial charge on any atom is 0.306 e. The summed E-state index contributed by atoms with van der Waals surface area (Å²) in [7, 11) is 0. The van der Waals surface area contributed by atoms with Gasteiger partial charge in [-0.15, -0.1) is 0 Å². The van der Waals surface area contributed by atoms with E-state index in [1.54, 1.807) is 13.1 Å². The van der Waals surface area contributed by atoms with Crippen molar-refractivity contribution in [1.82, 2.24) is 4.98 Å². The minimum Gasteiger partial charge on any atom is -0.466 e. The highest BCUT2D eigenvalue weighted by molar-refractivity contribution is 5.95. The lowest BCUT2D eigenvalue weighted by Gasteiger charge is -2.07. The molecule has 5 nitrogen and oxygen atoms in total. The topological polar surface area (TPSA) is 68.3 Å². The molecule has 1 heterocycles. The summed E-state index contributed by atoms with van der Waals surface area (Å²) >= 11 is 0. The minimum absolute atomic E-state index is 0.0210. The van der Waals surface area contributed by atoms with Crippen LogP contribution in [-0.4, -0.2) is 23.5 Å². The molecule has 1 aliphatic carbocycles. The number of nitrogens with zero attached hydrogens (tertiary/aromatic N) is 1. The molecule has 130 valence electrons. The molecule has 1 N–H and O–H groups in total. The minimum atomic E-state index is -0.185. The van der Waals surface area contributed by atoms with E-state index in [0.717, 1.165) is 23.2 Å². The maximum absolute atomic E-state index is 12.3. The Kier molecular flexibility index (Phi) is 5.43. The second kappa shape index (κ2) is 7.92. The van der Waals surface area contributed by atoms with E-state index < -0.39 is 0 Å². The Labute approximate surface area is 147 Å². The van der Waals surface area contributed by atoms with Crippen LogP contribution in [0, 0.1) is 5.92 Å². The van der Waals surface area contributed by atoms with E-state index in [-0.39, 0.29) is 23.7 Å². The highest BCUT2D eigenvalue weighted by Gasteiger charge is 2.44. The van der Waals surface area contributed by atoms with Gasteiger partial charge in [-0.05, 0) is 55.0 Å². The van der Waals surface area contributed by atoms with Gasteiger partial charge in [-0.1, -0.05) is 18.2 Å². The van der Waals surface area contributed by atoms with Crippen LogP contribution in [0.15, 0.2) is 48.8 Å². The van der Waals surface area contributed by atoms with E-state index in [9.17, 15) is 9.59 Å². The maximum atomic E-state index is 12.3. The van der Waals surface area contributed by atoms with Crippen LogP contribution < -0.4 is 5.32 Å². The summed E-state index contributed by atoms with van der Waals surface area (Å²) in [5.41, 5.74) is 2.95. The van der Waals surface area contributed by atoms with Crippen LogP contribution in [0.25, 0.3) is 0 Å². The number of aryl methyl sites for hydroxylation is 1. The Morgan fingerprint density at radius 3 is 2.72 bits per heavy atom. The van der Waals surface area contributed by atoms with Gasteiger partial charge < -0.3 is 10.1 Å². The normalized spacial score (nSPS) is 18.4. The van der Waals surface area contributed by atoms with Gasteiger partial charge >= 0.3 is 5.97 Å². The van der Waals surface area contributed by atoms with Gasteiger partial charge in [-0.25, -0.2) is 0 Å². The van der Waals surface area contributed by atoms with Gasteiger partial charge in [0.1, 0.15) is 0 Å². The van der Waals surface area contributed by atoms with E-state index in [1.165, 1.54) is 0 Å². The fourth-order valence-corrected chi connectivity index (χ4v) is 2.92. The summed E-state index contributed by atoms with van der Waals surface area (Å²) in [5, 5.41) is 2.97. The van der Waals surface area contributed by atoms with Crippen LogP contribution in [0.3, 0.4) is 0 Å². The Morgan fingerprint density at radius 1 is 1.24 bits per heavy atom. The van der Waals surface area contributed by atoms with Crippen molar-refractivity contribution in [3.8, 4) is 0 Å². The molecule has 1 aliphatic rings. The number of nitrogens with one attached hydrogen (secondary N) is 1. The van der Waals surface area contributed by atoms with Crippen molar-refractivity contribution < 1.29 is 14.3 Å². The number of amides is 1. The molecule has 1 fully saturated rings. The predicted octanol–water partition coefficient (Wildman–Crippen LogP) is 3.32. The number of anilines is 1. The number of hydrogen-bond acceptors (Lipinski definition) is 4. The molecule has 1 amide bonds. The van der Waals surface area contributed by atoms with Gasteiger partial charge in [0.2, 0.25) is 5.91 Å². The Morgan fingerprint density at radius 2 is 2.04 bits per heavy atom. The molecule has 0 unspecified atom stereocenters. The van der Waals surface area contributed by atoms with Crippen LogP contribution in [0.5, 0.6) is 0 Å². The number of hydrogen-bond donors (Lipinski definition) is 1. The Hall–Kier alpha value is -2.69. The van der Waals surface area contributed by atoms with Gasteiger partial charge in [-0.3, -0.25) is 14.6 Å². The third kappa shape index (κ3) is 4.66. The van der Waals surface area contributed by atoms with Crippen LogP contribution in [0.1, 0.15) is 36.8 Å². The van der Waals surface area contributed by atoms with Crippen molar-refractivity contribution >= 4 is 17.6 Å². The first-order valence-electron chi connectivity index (χ1n) is 8.62. The quantitative estimate of drug-likeness (QED) is 0.786. The smallest absolute Gasteiger partial charge is 0.306 e. The van der Waals surface area contributed by atoms with E-state index >= 15 is 0 Å². The zero-order chi connectivity index (χ0) is 17.6. The number of aromatic nitrogens is 1. The van der Waals surface area contributed by atoms with Crippen molar-refractivity contribution in [2.75, 3.05) is 11.9 Å². The van der Waals surface area contributed by atoms with E-state index in [1.807, 2.05) is 42.6 Å². The first-order valence-corrected chi connectivity index (χ1v) is 8.62. The second-order valence-corrected chi connectivity index (χ2v) is 6.23. The SMILES string of the molecule is CCOC(=O)CCc1ccc(NC(=O)[C@H]2C[C@@H]2c2cccnc2)cc1. The fraction of sp³-hybridized carbons (Fsp3) is 0.350. The molecule has 0 bridgehead atoms. The molecular formula is C20H22N2O3. The molecule has 1 aromatic heterocycles. The lowest BCUT2D eigenvalue weighted by molar-refractivity contribution is -0.143. The number of carbonyl (C=O) groups excluding carboxylic acids is 2. The van der Waals surface area contributed by atoms with Crippen LogP contribution in [-0.2, 0) is 20.7 Å². The summed E-state index contributed by atoms with van der Waals surface area (Å²) in [5.74, 6) is 0.161. The molecule has 1 aromatic carbocycles. The van der Waals surface area contributed by atoms with Crippen LogP contribution >= 0.6 is 0 Å². The van der Waals surface area contributed by atoms with Crippen molar-refractivity contribution in [3.63, 3.8) is 0 Å². The fourth-order valence-electron chi connectivity index (χ4n) is 2.92. The molecule has 2 atom stereocenters. The monoisotopic (exact) mass is 338 g/mol. The molecule has 0 radical (unpaired) electrons. The zero-order valence-corrected chi connectivity index (χ0v) is 14.3. The first kappa shape index (κ1) is 17.1. The van der Waals surface area contributed by atoms with Gasteiger partial charge in [-0.2, -0.15) is 0 Å². The van der Waals surface area contributed by atoms with Crippen molar-refractivity contribution in [2.24, 2.45) is 5.92 Å². The van der Waals surface area contributed by atoms with Crippen molar-refractivity contribution in [1.29, 1.82) is 0 Å². The third-order valence-corrected chi connectivity index (χ3v) is 4.38. The first-order chi connectivity index (χ1) is 12.2. The summed E-state index contributed by atoms with van der Waals surface area (Å²) in [6.45, 7) is 2.21. The summed E-state index contributed by atoms with van der Waals surface area (Å²) in [6, 6.07) is 11.5. The lowest BCUT2D eigenvalue weighted by Crippen LogP contribution is -2.14. The molecule has 25 heavy (non-hydrogen) atoms. The summed E-state index contributed by atoms with van der Waals surface area (Å²) in [4.78, 5) is 27.8. The lowest BCUT2D eigenvalue weighted by atomic mass is 10.1. The molecule has 1 saturated carbocycles. The molecule has 0 aliphatic heterocycles. The number of pyridine rings is 1. The summed E-state index contributed by atoms with van der Waals surface area (Å²) < 4.78 is 4.92. The molecule has 0 spiro atoms. The number of benzene rings is 1. The van der Waals surface area contributed by atoms with E-state index in [4.69, 9.17) is 4.74 Å². The summed E-state index contributed by atoms with van der Waals surface area (Å²) in [6.07, 6.45) is 5.45. The van der Waals surface area contributed by atoms with Crippen molar-refractivity contribution in [2.45, 2.75) is 32.1 Å². The second-order valence-electron chi connectivity index (χ2n) is 6.23. The highest BCUT2D eigenvalue weighted by atomic mass is 16.5. The number of esters is 1. The number of rotatable bonds is 7. The third-order valence-electron chi connectivity index (χ3n) is 4.38. The van der Waals surface area contributed by atoms with Gasteiger partial charge in [0.15, 0.2) is 0 Å². The van der Waals surface area contributed by atoms with Crippen molar-refractivity contribution in [3.05, 3.63) is 59.9 Å². The molecule has 0 saturated heterocycles. The van der Waals surface area contributed by atoms with Crippen LogP contribution in [0.2, 0.25) is 0 Å². The predicted molar refractivity (Wildman–Crippen MR) is 95.1 cm³/mol. The largest absolute Gasteiger partial charge is 0.466 e. The Balaban J connectivity index is 1.49. The average Bonchev–Trinajstić information content (AvgIpc) is 3.43. The van der Waals surface area contributed by atoms with Crippen LogP contribution in [0.4, 0.5) is 5.69 Å². The Bertz CT molecular complexity index is 728. The molecular weight excluding hydrogens is 316 g/mol. The molecule has 5 heteroatoms. The van der Waals surface area contributed by atoms with E-state index in [2.05, 4.69) is 10.3 Å². The molecule has 3 rings (SSSR count). The zero-order valence-electron chi connectivity index (χ0n) is 14.3. The number of ether oxygens (including phenoxy) is 1. The van der Waals surface area contributed by atoms with Gasteiger partial charge in [0.25, 0.3) is 0 Å². The van der Waals surface area contributed by atoms with Gasteiger partial charge in [0, 0.05) is 30.4 Å². The van der Waals surface area contributed by atoms with E-state index in [0.29, 0.717) is 19.4 Å².